The molecule has 0 aliphatic rings. The van der Waals surface area contributed by atoms with E-state index in [2.05, 4.69) is 35.9 Å². The summed E-state index contributed by atoms with van der Waals surface area (Å²) in [6.07, 6.45) is 0.524. The molecule has 0 aliphatic carbocycles. The van der Waals surface area contributed by atoms with Crippen molar-refractivity contribution in [3.8, 4) is 0 Å². The van der Waals surface area contributed by atoms with Crippen molar-refractivity contribution < 1.29 is 40.3 Å². The first-order valence-electron chi connectivity index (χ1n) is 5.05. The second-order valence-corrected chi connectivity index (χ2v) is 4.02. The molecular formula is C9H17N3O4ReS2-2. The molecule has 0 aromatic rings. The van der Waals surface area contributed by atoms with E-state index in [1.165, 1.54) is 0 Å². The summed E-state index contributed by atoms with van der Waals surface area (Å²) in [4.78, 5) is 32.8. The van der Waals surface area contributed by atoms with Gasteiger partial charge in [-0.25, -0.2) is 0 Å². The molecule has 0 aliphatic heterocycles. The Morgan fingerprint density at radius 2 is 1.63 bits per heavy atom. The summed E-state index contributed by atoms with van der Waals surface area (Å²) in [6.45, 7) is 0.242. The molecule has 0 fully saturated rings. The zero-order valence-corrected chi connectivity index (χ0v) is 14.6. The molecule has 7 nitrogen and oxygen atoms in total. The first-order valence-corrected chi connectivity index (χ1v) is 6.32. The van der Waals surface area contributed by atoms with Crippen molar-refractivity contribution >= 4 is 43.0 Å². The van der Waals surface area contributed by atoms with Crippen LogP contribution in [-0.4, -0.2) is 41.8 Å². The Bertz CT molecular complexity index is 295. The first-order chi connectivity index (χ1) is 7.99. The van der Waals surface area contributed by atoms with Crippen LogP contribution in [0.25, 0.3) is 0 Å². The molecule has 1 atom stereocenters. The van der Waals surface area contributed by atoms with Gasteiger partial charge in [0.2, 0.25) is 17.7 Å². The Morgan fingerprint density at radius 1 is 1.11 bits per heavy atom. The van der Waals surface area contributed by atoms with E-state index in [1.807, 2.05) is 0 Å². The number of hydrogen-bond donors (Lipinski definition) is 5. The zero-order chi connectivity index (χ0) is 13.3. The Morgan fingerprint density at radius 3 is 2.05 bits per heavy atom. The maximum absolute atomic E-state index is 11.1. The Kier molecular flexibility index (Phi) is 17.7. The Labute approximate surface area is 136 Å². The molecule has 1 radical (unpaired) electrons. The van der Waals surface area contributed by atoms with Gasteiger partial charge in [0, 0.05) is 39.4 Å². The van der Waals surface area contributed by atoms with Gasteiger partial charge >= 0.3 is 0 Å². The number of thiol groups is 2. The van der Waals surface area contributed by atoms with Gasteiger partial charge in [-0.3, -0.25) is 14.4 Å². The molecule has 19 heavy (non-hydrogen) atoms. The third-order valence-electron chi connectivity index (χ3n) is 1.94. The summed E-state index contributed by atoms with van der Waals surface area (Å²) >= 11 is 7.63. The van der Waals surface area contributed by atoms with Gasteiger partial charge in [-0.15, -0.1) is 0 Å². The topological polar surface area (TPSA) is 130 Å². The average molecular weight is 482 g/mol. The van der Waals surface area contributed by atoms with E-state index < -0.39 is 5.91 Å². The number of nitrogens with one attached hydrogen (secondary N) is 2. The van der Waals surface area contributed by atoms with Crippen molar-refractivity contribution in [3.63, 3.8) is 0 Å². The summed E-state index contributed by atoms with van der Waals surface area (Å²) < 4.78 is 0. The van der Waals surface area contributed by atoms with Crippen LogP contribution in [0.4, 0.5) is 0 Å². The van der Waals surface area contributed by atoms with Gasteiger partial charge in [-0.1, -0.05) is 0 Å². The van der Waals surface area contributed by atoms with Gasteiger partial charge in [0.15, 0.2) is 0 Å². The van der Waals surface area contributed by atoms with Crippen LogP contribution in [0.2, 0.25) is 0 Å². The largest absolute Gasteiger partial charge is 2.00 e. The van der Waals surface area contributed by atoms with E-state index in [0.29, 0.717) is 6.42 Å². The molecule has 4 N–H and O–H groups in total. The standard InChI is InChI=1S/C9H17N3O3S2.O.Re/c10-7(13)2-1-6(12-9(15)5-17)3-11-8(14)4-16;;/h6,16-17H,1-5H2,(H2,10,13)(H,11,14)(H,12,15);;/q;-2;. The minimum absolute atomic E-state index is 0. The zero-order valence-electron chi connectivity index (χ0n) is 10.1. The number of carbonyl (C=O) groups is 3. The van der Waals surface area contributed by atoms with Crippen molar-refractivity contribution in [1.29, 1.82) is 0 Å². The summed E-state index contributed by atoms with van der Waals surface area (Å²) in [6, 6.07) is -0.328. The molecule has 10 heteroatoms. The normalized spacial score (nSPS) is 10.4. The van der Waals surface area contributed by atoms with E-state index in [9.17, 15) is 14.4 Å². The second kappa shape index (κ2) is 14.1. The summed E-state index contributed by atoms with van der Waals surface area (Å²) in [5, 5.41) is 5.22. The molecule has 0 aromatic heterocycles. The van der Waals surface area contributed by atoms with Crippen molar-refractivity contribution in [2.45, 2.75) is 18.9 Å². The minimum Gasteiger partial charge on any atom is -2.00 e. The van der Waals surface area contributed by atoms with E-state index in [0.717, 1.165) is 0 Å². The first kappa shape index (κ1) is 23.8. The predicted octanol–water partition coefficient (Wildman–Crippen LogP) is -1.41. The fraction of sp³-hybridized carbons (Fsp3) is 0.667. The fourth-order valence-electron chi connectivity index (χ4n) is 1.11. The molecule has 113 valence electrons. The quantitative estimate of drug-likeness (QED) is 0.273. The average Bonchev–Trinajstić information content (AvgIpc) is 2.31. The van der Waals surface area contributed by atoms with Crippen LogP contribution in [0.1, 0.15) is 12.8 Å². The van der Waals surface area contributed by atoms with E-state index >= 15 is 0 Å². The number of rotatable bonds is 8. The Balaban J connectivity index is -0.00000128. The smallest absolute Gasteiger partial charge is 0.230 e. The van der Waals surface area contributed by atoms with E-state index in [-0.39, 0.29) is 68.2 Å². The van der Waals surface area contributed by atoms with Crippen LogP contribution >= 0.6 is 25.3 Å². The summed E-state index contributed by atoms with van der Waals surface area (Å²) in [5.74, 6) is -0.826. The van der Waals surface area contributed by atoms with Crippen molar-refractivity contribution in [2.75, 3.05) is 18.1 Å². The van der Waals surface area contributed by atoms with Crippen LogP contribution in [-0.2, 0) is 40.3 Å². The van der Waals surface area contributed by atoms with Gasteiger partial charge in [0.25, 0.3) is 0 Å². The van der Waals surface area contributed by atoms with Gasteiger partial charge in [0.1, 0.15) is 0 Å². The van der Waals surface area contributed by atoms with Crippen molar-refractivity contribution in [3.05, 3.63) is 0 Å². The molecular weight excluding hydrogens is 464 g/mol. The third kappa shape index (κ3) is 14.0. The number of amides is 3. The summed E-state index contributed by atoms with van der Waals surface area (Å²) in [7, 11) is 0. The molecule has 0 aromatic carbocycles. The van der Waals surface area contributed by atoms with Crippen LogP contribution in [0, 0.1) is 0 Å². The molecule has 0 saturated heterocycles. The third-order valence-corrected chi connectivity index (χ3v) is 2.51. The maximum atomic E-state index is 11.1. The van der Waals surface area contributed by atoms with E-state index in [1.54, 1.807) is 0 Å². The number of hydrogen-bond acceptors (Lipinski definition) is 5. The van der Waals surface area contributed by atoms with Crippen LogP contribution < -0.4 is 16.4 Å². The Hall–Kier alpha value is -0.268. The van der Waals surface area contributed by atoms with Gasteiger partial charge < -0.3 is 21.8 Å². The molecule has 0 heterocycles. The van der Waals surface area contributed by atoms with Crippen LogP contribution in [0.3, 0.4) is 0 Å². The molecule has 0 saturated carbocycles. The van der Waals surface area contributed by atoms with Crippen LogP contribution in [0.15, 0.2) is 0 Å². The van der Waals surface area contributed by atoms with Crippen molar-refractivity contribution in [2.24, 2.45) is 5.73 Å². The molecule has 1 unspecified atom stereocenters. The molecule has 0 spiro atoms. The van der Waals surface area contributed by atoms with Gasteiger partial charge in [0.05, 0.1) is 11.5 Å². The van der Waals surface area contributed by atoms with Crippen LogP contribution in [0.5, 0.6) is 0 Å². The number of nitrogens with two attached hydrogens (primary N) is 1. The summed E-state index contributed by atoms with van der Waals surface area (Å²) in [5.41, 5.74) is 5.02. The SMILES string of the molecule is NC(=O)CCC(CNC(=O)CS)NC(=O)CS.[O-2].[Re]. The molecule has 3 amide bonds. The minimum atomic E-state index is -0.448. The van der Waals surface area contributed by atoms with Gasteiger partial charge in [-0.05, 0) is 6.42 Å². The predicted molar refractivity (Wildman–Crippen MR) is 71.8 cm³/mol. The number of primary amides is 1. The van der Waals surface area contributed by atoms with E-state index in [4.69, 9.17) is 5.73 Å². The van der Waals surface area contributed by atoms with Gasteiger partial charge in [-0.2, -0.15) is 25.3 Å². The molecule has 0 bridgehead atoms. The molecule has 0 rings (SSSR count). The number of carbonyl (C=O) groups excluding carboxylic acids is 3. The maximum Gasteiger partial charge on any atom is 0.230 e. The fourth-order valence-corrected chi connectivity index (χ4v) is 1.31. The monoisotopic (exact) mass is 482 g/mol. The van der Waals surface area contributed by atoms with Crippen molar-refractivity contribution in [1.82, 2.24) is 10.6 Å². The second-order valence-electron chi connectivity index (χ2n) is 3.39.